The van der Waals surface area contributed by atoms with Gasteiger partial charge in [0.05, 0.1) is 38.6 Å². The zero-order valence-corrected chi connectivity index (χ0v) is 17.2. The van der Waals surface area contributed by atoms with Gasteiger partial charge in [-0.25, -0.2) is 0 Å². The fourth-order valence-corrected chi connectivity index (χ4v) is 4.62. The van der Waals surface area contributed by atoms with Gasteiger partial charge in [0.25, 0.3) is 0 Å². The van der Waals surface area contributed by atoms with Gasteiger partial charge in [-0.3, -0.25) is 9.79 Å². The maximum Gasteiger partial charge on any atom is 0.203 e. The molecule has 3 atom stereocenters. The number of para-hydroxylation sites is 2. The van der Waals surface area contributed by atoms with E-state index in [0.717, 1.165) is 29.1 Å². The number of carbonyl (C=O) groups is 1. The number of nitrogens with zero attached hydrogens (tertiary/aromatic N) is 1. The first-order valence-electron chi connectivity index (χ1n) is 9.79. The van der Waals surface area contributed by atoms with Gasteiger partial charge in [-0.05, 0) is 37.5 Å². The first-order chi connectivity index (χ1) is 14.1. The molecule has 1 saturated carbocycles. The Kier molecular flexibility index (Phi) is 5.18. The van der Waals surface area contributed by atoms with Gasteiger partial charge < -0.3 is 19.5 Å². The third kappa shape index (κ3) is 3.33. The van der Waals surface area contributed by atoms with Crippen LogP contribution in [0.25, 0.3) is 0 Å². The molecule has 2 aromatic carbocycles. The lowest BCUT2D eigenvalue weighted by Crippen LogP contribution is -2.43. The van der Waals surface area contributed by atoms with Gasteiger partial charge in [0.1, 0.15) is 5.78 Å². The van der Waals surface area contributed by atoms with Crippen molar-refractivity contribution < 1.29 is 19.0 Å². The van der Waals surface area contributed by atoms with Crippen molar-refractivity contribution in [3.05, 3.63) is 42.0 Å². The monoisotopic (exact) mass is 394 g/mol. The molecule has 1 N–H and O–H groups in total. The van der Waals surface area contributed by atoms with Gasteiger partial charge in [0.2, 0.25) is 5.75 Å². The van der Waals surface area contributed by atoms with Crippen LogP contribution in [0.5, 0.6) is 17.2 Å². The summed E-state index contributed by atoms with van der Waals surface area (Å²) >= 11 is 0. The maximum atomic E-state index is 13.2. The van der Waals surface area contributed by atoms with Gasteiger partial charge in [0, 0.05) is 23.7 Å². The van der Waals surface area contributed by atoms with E-state index in [9.17, 15) is 4.79 Å². The average molecular weight is 394 g/mol. The Labute approximate surface area is 170 Å². The molecule has 0 spiro atoms. The van der Waals surface area contributed by atoms with Gasteiger partial charge in [-0.1, -0.05) is 18.2 Å². The highest BCUT2D eigenvalue weighted by Crippen LogP contribution is 2.47. The molecule has 1 fully saturated rings. The maximum absolute atomic E-state index is 13.2. The molecule has 2 aromatic rings. The minimum absolute atomic E-state index is 0.0177. The molecule has 0 aromatic heterocycles. The quantitative estimate of drug-likeness (QED) is 0.834. The van der Waals surface area contributed by atoms with E-state index in [0.29, 0.717) is 23.7 Å². The smallest absolute Gasteiger partial charge is 0.203 e. The molecule has 0 bridgehead atoms. The number of carbonyl (C=O) groups excluding carboxylic acids is 1. The Morgan fingerprint density at radius 3 is 2.48 bits per heavy atom. The number of nitrogens with one attached hydrogen (secondary N) is 1. The second-order valence-corrected chi connectivity index (χ2v) is 7.53. The van der Waals surface area contributed by atoms with Crippen LogP contribution in [-0.4, -0.2) is 38.9 Å². The SMILES string of the molecule is COc1ccc([C@H]2CC(=O)[C@@H]3C(C)=Nc4ccccc4N[C@H]3C2)c(OC)c1OC. The Bertz CT molecular complexity index is 969. The lowest BCUT2D eigenvalue weighted by atomic mass is 9.73. The van der Waals surface area contributed by atoms with Crippen molar-refractivity contribution >= 4 is 22.9 Å². The van der Waals surface area contributed by atoms with Gasteiger partial charge in [-0.15, -0.1) is 0 Å². The predicted octanol–water partition coefficient (Wildman–Crippen LogP) is 4.36. The van der Waals surface area contributed by atoms with E-state index < -0.39 is 0 Å². The minimum Gasteiger partial charge on any atom is -0.493 e. The van der Waals surface area contributed by atoms with Gasteiger partial charge >= 0.3 is 0 Å². The molecule has 1 aliphatic carbocycles. The molecule has 6 heteroatoms. The number of ether oxygens (including phenoxy) is 3. The van der Waals surface area contributed by atoms with Crippen LogP contribution in [0.15, 0.2) is 41.4 Å². The van der Waals surface area contributed by atoms with E-state index >= 15 is 0 Å². The molecule has 1 heterocycles. The molecule has 152 valence electrons. The number of benzene rings is 2. The first-order valence-corrected chi connectivity index (χ1v) is 9.79. The van der Waals surface area contributed by atoms with Crippen molar-refractivity contribution in [3.8, 4) is 17.2 Å². The molecule has 6 nitrogen and oxygen atoms in total. The molecule has 1 aliphatic heterocycles. The molecule has 0 unspecified atom stereocenters. The molecule has 4 rings (SSSR count). The third-order valence-electron chi connectivity index (χ3n) is 5.90. The molecular weight excluding hydrogens is 368 g/mol. The largest absolute Gasteiger partial charge is 0.493 e. The van der Waals surface area contributed by atoms with Gasteiger partial charge in [0.15, 0.2) is 11.5 Å². The first kappa shape index (κ1) is 19.3. The fourth-order valence-electron chi connectivity index (χ4n) is 4.62. The molecular formula is C23H26N2O4. The summed E-state index contributed by atoms with van der Waals surface area (Å²) in [7, 11) is 4.81. The van der Waals surface area contributed by atoms with Crippen LogP contribution in [0.2, 0.25) is 0 Å². The van der Waals surface area contributed by atoms with Crippen molar-refractivity contribution in [1.29, 1.82) is 0 Å². The fraction of sp³-hybridized carbons (Fsp3) is 0.391. The zero-order valence-electron chi connectivity index (χ0n) is 17.2. The van der Waals surface area contributed by atoms with E-state index in [1.807, 2.05) is 43.3 Å². The van der Waals surface area contributed by atoms with E-state index in [1.54, 1.807) is 21.3 Å². The number of hydrogen-bond donors (Lipinski definition) is 1. The normalized spacial score (nSPS) is 23.1. The van der Waals surface area contributed by atoms with Crippen molar-refractivity contribution in [2.24, 2.45) is 10.9 Å². The topological polar surface area (TPSA) is 69.2 Å². The number of aliphatic imine (C=N–C) groups is 1. The summed E-state index contributed by atoms with van der Waals surface area (Å²) in [6.07, 6.45) is 1.24. The number of fused-ring (bicyclic) bond motifs is 2. The van der Waals surface area contributed by atoms with Crippen molar-refractivity contribution in [2.75, 3.05) is 26.6 Å². The van der Waals surface area contributed by atoms with Crippen molar-refractivity contribution in [3.63, 3.8) is 0 Å². The summed E-state index contributed by atoms with van der Waals surface area (Å²) in [5.74, 6) is 1.79. The second kappa shape index (κ2) is 7.78. The van der Waals surface area contributed by atoms with Crippen LogP contribution in [0.4, 0.5) is 11.4 Å². The second-order valence-electron chi connectivity index (χ2n) is 7.53. The number of hydrogen-bond acceptors (Lipinski definition) is 6. The van der Waals surface area contributed by atoms with E-state index in [4.69, 9.17) is 19.2 Å². The molecule has 0 amide bonds. The minimum atomic E-state index is -0.218. The summed E-state index contributed by atoms with van der Waals surface area (Å²) in [6, 6.07) is 11.8. The number of methoxy groups -OCH3 is 3. The van der Waals surface area contributed by atoms with Crippen molar-refractivity contribution in [1.82, 2.24) is 0 Å². The summed E-state index contributed by atoms with van der Waals surface area (Å²) in [4.78, 5) is 17.9. The highest BCUT2D eigenvalue weighted by Gasteiger charge is 2.41. The van der Waals surface area contributed by atoms with E-state index in [2.05, 4.69) is 5.32 Å². The lowest BCUT2D eigenvalue weighted by molar-refractivity contribution is -0.123. The summed E-state index contributed by atoms with van der Waals surface area (Å²) < 4.78 is 16.6. The highest BCUT2D eigenvalue weighted by molar-refractivity contribution is 6.08. The average Bonchev–Trinajstić information content (AvgIpc) is 2.87. The van der Waals surface area contributed by atoms with Crippen LogP contribution < -0.4 is 19.5 Å². The Morgan fingerprint density at radius 1 is 1.00 bits per heavy atom. The summed E-state index contributed by atoms with van der Waals surface area (Å²) in [5, 5.41) is 3.58. The number of Topliss-reactive ketones (excluding diaryl/α,β-unsaturated/α-hetero) is 1. The van der Waals surface area contributed by atoms with Crippen LogP contribution in [0, 0.1) is 5.92 Å². The van der Waals surface area contributed by atoms with E-state index in [-0.39, 0.29) is 23.7 Å². The summed E-state index contributed by atoms with van der Waals surface area (Å²) in [6.45, 7) is 1.96. The Hall–Kier alpha value is -3.02. The molecule has 0 saturated heterocycles. The Balaban J connectivity index is 1.72. The predicted molar refractivity (Wildman–Crippen MR) is 113 cm³/mol. The highest BCUT2D eigenvalue weighted by atomic mass is 16.5. The third-order valence-corrected chi connectivity index (χ3v) is 5.90. The van der Waals surface area contributed by atoms with Crippen molar-refractivity contribution in [2.45, 2.75) is 31.7 Å². The standard InChI is InChI=1S/C23H26N2O4/c1-13-21-18(25-17-8-6-5-7-16(17)24-13)11-14(12-19(21)26)15-9-10-20(27-2)23(29-4)22(15)28-3/h5-10,14,18,21,25H,11-12H2,1-4H3/t14-,18+,21-/m1/s1. The lowest BCUT2D eigenvalue weighted by Gasteiger charge is -2.36. The number of anilines is 1. The molecule has 0 radical (unpaired) electrons. The molecule has 2 aliphatic rings. The van der Waals surface area contributed by atoms with E-state index in [1.165, 1.54) is 0 Å². The number of rotatable bonds is 4. The summed E-state index contributed by atoms with van der Waals surface area (Å²) in [5.41, 5.74) is 3.68. The zero-order chi connectivity index (χ0) is 20.5. The van der Waals surface area contributed by atoms with Crippen LogP contribution in [-0.2, 0) is 4.79 Å². The van der Waals surface area contributed by atoms with Gasteiger partial charge in [-0.2, -0.15) is 0 Å². The van der Waals surface area contributed by atoms with Crippen LogP contribution in [0.1, 0.15) is 31.2 Å². The molecule has 29 heavy (non-hydrogen) atoms. The van der Waals surface area contributed by atoms with Crippen LogP contribution in [0.3, 0.4) is 0 Å². The van der Waals surface area contributed by atoms with Crippen LogP contribution >= 0.6 is 0 Å². The Morgan fingerprint density at radius 2 is 1.76 bits per heavy atom. The number of ketones is 1.